The average molecular weight is 461 g/mol. The molecule has 3 rings (SSSR count). The molecule has 1 heterocycles. The molecule has 160 valence electrons. The van der Waals surface area contributed by atoms with E-state index in [9.17, 15) is 26.4 Å². The Morgan fingerprint density at radius 2 is 1.97 bits per heavy atom. The molecule has 0 spiro atoms. The van der Waals surface area contributed by atoms with Crippen molar-refractivity contribution in [3.05, 3.63) is 42.0 Å². The average Bonchev–Trinajstić information content (AvgIpc) is 3.05. The number of nitrogens with two attached hydrogens (primary N) is 1. The Morgan fingerprint density at radius 1 is 1.23 bits per heavy atom. The molecule has 0 aliphatic rings. The number of carbonyl (C=O) groups is 1. The van der Waals surface area contributed by atoms with E-state index < -0.39 is 28.7 Å². The van der Waals surface area contributed by atoms with Gasteiger partial charge in [-0.1, -0.05) is 11.3 Å². The first kappa shape index (κ1) is 21.8. The van der Waals surface area contributed by atoms with Gasteiger partial charge in [-0.3, -0.25) is 10.1 Å². The summed E-state index contributed by atoms with van der Waals surface area (Å²) in [5, 5.41) is 7.75. The van der Waals surface area contributed by atoms with Crippen LogP contribution in [0.25, 0.3) is 10.2 Å². The van der Waals surface area contributed by atoms with Gasteiger partial charge in [-0.2, -0.15) is 13.2 Å². The van der Waals surface area contributed by atoms with Gasteiger partial charge < -0.3 is 9.47 Å². The number of hydrogen-bond donors (Lipinski definition) is 2. The maximum absolute atomic E-state index is 12.6. The summed E-state index contributed by atoms with van der Waals surface area (Å²) in [5.41, 5.74) is 0.345. The highest BCUT2D eigenvalue weighted by molar-refractivity contribution is 7.89. The van der Waals surface area contributed by atoms with E-state index in [1.165, 1.54) is 37.4 Å². The van der Waals surface area contributed by atoms with Gasteiger partial charge in [0.25, 0.3) is 5.91 Å². The third-order valence-electron chi connectivity index (χ3n) is 3.73. The second-order valence-electron chi connectivity index (χ2n) is 5.91. The fourth-order valence-corrected chi connectivity index (χ4v) is 3.85. The first-order valence-corrected chi connectivity index (χ1v) is 10.4. The zero-order valence-electron chi connectivity index (χ0n) is 15.2. The lowest BCUT2D eigenvalue weighted by Crippen LogP contribution is -2.19. The smallest absolute Gasteiger partial charge is 0.422 e. The number of fused-ring (bicyclic) bond motifs is 1. The first-order valence-electron chi connectivity index (χ1n) is 8.08. The van der Waals surface area contributed by atoms with Crippen molar-refractivity contribution in [3.8, 4) is 11.5 Å². The van der Waals surface area contributed by atoms with Crippen LogP contribution in [0, 0.1) is 0 Å². The van der Waals surface area contributed by atoms with Crippen molar-refractivity contribution in [2.75, 3.05) is 19.0 Å². The Kier molecular flexibility index (Phi) is 5.87. The lowest BCUT2D eigenvalue weighted by molar-refractivity contribution is -0.153. The van der Waals surface area contributed by atoms with E-state index in [-0.39, 0.29) is 27.1 Å². The van der Waals surface area contributed by atoms with E-state index in [1.54, 1.807) is 0 Å². The highest BCUT2D eigenvalue weighted by Crippen LogP contribution is 2.31. The maximum Gasteiger partial charge on any atom is 0.422 e. The van der Waals surface area contributed by atoms with Gasteiger partial charge in [0.1, 0.15) is 11.5 Å². The van der Waals surface area contributed by atoms with Gasteiger partial charge in [0, 0.05) is 0 Å². The number of sulfonamides is 1. The SMILES string of the molecule is COc1ccc(S(N)(=O)=O)cc1C(=O)Nc1nc2ccc(OCC(F)(F)F)cc2s1. The Bertz CT molecular complexity index is 1210. The van der Waals surface area contributed by atoms with Crippen molar-refractivity contribution in [1.29, 1.82) is 0 Å². The number of aromatic nitrogens is 1. The predicted molar refractivity (Wildman–Crippen MR) is 103 cm³/mol. The molecule has 0 unspecified atom stereocenters. The monoisotopic (exact) mass is 461 g/mol. The normalized spacial score (nSPS) is 12.0. The van der Waals surface area contributed by atoms with Crippen LogP contribution in [0.2, 0.25) is 0 Å². The second kappa shape index (κ2) is 8.08. The molecule has 2 aromatic carbocycles. The Labute approximate surface area is 172 Å². The summed E-state index contributed by atoms with van der Waals surface area (Å²) in [4.78, 5) is 16.5. The van der Waals surface area contributed by atoms with Crippen molar-refractivity contribution in [3.63, 3.8) is 0 Å². The number of amides is 1. The molecule has 0 atom stereocenters. The van der Waals surface area contributed by atoms with Crippen LogP contribution in [0.4, 0.5) is 18.3 Å². The maximum atomic E-state index is 12.6. The molecule has 1 amide bonds. The van der Waals surface area contributed by atoms with Crippen molar-refractivity contribution < 1.29 is 35.9 Å². The number of nitrogens with one attached hydrogen (secondary N) is 1. The summed E-state index contributed by atoms with van der Waals surface area (Å²) < 4.78 is 70.2. The first-order chi connectivity index (χ1) is 14.0. The molecule has 0 aliphatic heterocycles. The third-order valence-corrected chi connectivity index (χ3v) is 5.57. The number of hydrogen-bond acceptors (Lipinski definition) is 7. The molecule has 3 N–H and O–H groups in total. The lowest BCUT2D eigenvalue weighted by atomic mass is 10.2. The molecule has 0 aliphatic carbocycles. The Morgan fingerprint density at radius 3 is 2.60 bits per heavy atom. The fraction of sp³-hybridized carbons (Fsp3) is 0.176. The number of benzene rings is 2. The van der Waals surface area contributed by atoms with Gasteiger partial charge in [0.2, 0.25) is 10.0 Å². The van der Waals surface area contributed by atoms with E-state index >= 15 is 0 Å². The highest BCUT2D eigenvalue weighted by Gasteiger charge is 2.28. The molecule has 0 radical (unpaired) electrons. The Balaban J connectivity index is 1.85. The number of nitrogens with zero attached hydrogens (tertiary/aromatic N) is 1. The van der Waals surface area contributed by atoms with Crippen molar-refractivity contribution in [2.24, 2.45) is 5.14 Å². The number of anilines is 1. The van der Waals surface area contributed by atoms with Crippen molar-refractivity contribution in [2.45, 2.75) is 11.1 Å². The summed E-state index contributed by atoms with van der Waals surface area (Å²) in [7, 11) is -2.73. The van der Waals surface area contributed by atoms with E-state index in [4.69, 9.17) is 14.6 Å². The van der Waals surface area contributed by atoms with Crippen LogP contribution in [0.5, 0.6) is 11.5 Å². The summed E-state index contributed by atoms with van der Waals surface area (Å²) in [6.07, 6.45) is -4.47. The Hall–Kier alpha value is -2.90. The van der Waals surface area contributed by atoms with Gasteiger partial charge in [-0.05, 0) is 36.4 Å². The topological polar surface area (TPSA) is 121 Å². The van der Waals surface area contributed by atoms with Crippen molar-refractivity contribution in [1.82, 2.24) is 4.98 Å². The molecular formula is C17H14F3N3O5S2. The summed E-state index contributed by atoms with van der Waals surface area (Å²) in [6.45, 7) is -1.43. The molecule has 30 heavy (non-hydrogen) atoms. The van der Waals surface area contributed by atoms with E-state index in [0.717, 1.165) is 17.4 Å². The zero-order valence-corrected chi connectivity index (χ0v) is 16.8. The van der Waals surface area contributed by atoms with Crippen LogP contribution in [0.15, 0.2) is 41.3 Å². The largest absolute Gasteiger partial charge is 0.496 e. The fourth-order valence-electron chi connectivity index (χ4n) is 2.42. The van der Waals surface area contributed by atoms with Crippen molar-refractivity contribution >= 4 is 42.6 Å². The molecule has 3 aromatic rings. The number of halogens is 3. The highest BCUT2D eigenvalue weighted by atomic mass is 32.2. The summed E-state index contributed by atoms with van der Waals surface area (Å²) in [5.74, 6) is -0.585. The van der Waals surface area contributed by atoms with Gasteiger partial charge in [-0.15, -0.1) is 0 Å². The molecular weight excluding hydrogens is 447 g/mol. The molecule has 0 bridgehead atoms. The minimum absolute atomic E-state index is 0.00359. The number of alkyl halides is 3. The zero-order chi connectivity index (χ0) is 22.1. The van der Waals surface area contributed by atoms with Crippen LogP contribution < -0.4 is 19.9 Å². The molecule has 0 saturated carbocycles. The number of thiazole rings is 1. The lowest BCUT2D eigenvalue weighted by Gasteiger charge is -2.09. The molecule has 13 heteroatoms. The molecule has 0 saturated heterocycles. The van der Waals surface area contributed by atoms with Gasteiger partial charge in [0.15, 0.2) is 11.7 Å². The predicted octanol–water partition coefficient (Wildman–Crippen LogP) is 3.15. The van der Waals surface area contributed by atoms with E-state index in [1.807, 2.05) is 0 Å². The summed E-state index contributed by atoms with van der Waals surface area (Å²) >= 11 is 1.00. The van der Waals surface area contributed by atoms with Crippen LogP contribution in [-0.2, 0) is 10.0 Å². The number of primary sulfonamides is 1. The standard InChI is InChI=1S/C17H14F3N3O5S2/c1-27-13-5-3-10(30(21,25)26)7-11(13)15(24)23-16-22-12-4-2-9(6-14(12)29-16)28-8-17(18,19)20/h2-7H,8H2,1H3,(H2,21,25,26)(H,22,23,24). The van der Waals surface area contributed by atoms with Gasteiger partial charge in [-0.25, -0.2) is 18.5 Å². The number of ether oxygens (including phenoxy) is 2. The quantitative estimate of drug-likeness (QED) is 0.582. The minimum atomic E-state index is -4.47. The number of methoxy groups -OCH3 is 1. The van der Waals surface area contributed by atoms with Crippen LogP contribution >= 0.6 is 11.3 Å². The second-order valence-corrected chi connectivity index (χ2v) is 8.51. The molecule has 8 nitrogen and oxygen atoms in total. The van der Waals surface area contributed by atoms with Crippen LogP contribution in [0.3, 0.4) is 0 Å². The third kappa shape index (κ3) is 5.17. The number of rotatable bonds is 6. The van der Waals surface area contributed by atoms with Gasteiger partial charge in [0.05, 0.1) is 27.8 Å². The summed E-state index contributed by atoms with van der Waals surface area (Å²) in [6, 6.07) is 7.71. The number of carbonyl (C=O) groups excluding carboxylic acids is 1. The van der Waals surface area contributed by atoms with Crippen LogP contribution in [-0.4, -0.2) is 39.2 Å². The molecule has 1 aromatic heterocycles. The van der Waals surface area contributed by atoms with E-state index in [2.05, 4.69) is 10.3 Å². The minimum Gasteiger partial charge on any atom is -0.496 e. The van der Waals surface area contributed by atoms with Crippen LogP contribution in [0.1, 0.15) is 10.4 Å². The van der Waals surface area contributed by atoms with E-state index in [0.29, 0.717) is 10.2 Å². The molecule has 0 fully saturated rings. The van der Waals surface area contributed by atoms with Gasteiger partial charge >= 0.3 is 6.18 Å².